The Kier molecular flexibility index (Phi) is 6.33. The molecule has 0 aliphatic carbocycles. The van der Waals surface area contributed by atoms with Crippen molar-refractivity contribution in [2.45, 2.75) is 13.0 Å². The van der Waals surface area contributed by atoms with Crippen LogP contribution in [0.2, 0.25) is 0 Å². The molecule has 0 fully saturated rings. The van der Waals surface area contributed by atoms with Gasteiger partial charge >= 0.3 is 5.97 Å². The number of benzene rings is 1. The van der Waals surface area contributed by atoms with Gasteiger partial charge in [0.15, 0.2) is 6.61 Å². The summed E-state index contributed by atoms with van der Waals surface area (Å²) in [7, 11) is 3.11. The fraction of sp³-hybridized carbons (Fsp3) is 0.278. The lowest BCUT2D eigenvalue weighted by atomic mass is 10.1. The number of carbonyl (C=O) groups excluding carboxylic acids is 2. The monoisotopic (exact) mass is 344 g/mol. The van der Waals surface area contributed by atoms with Crippen molar-refractivity contribution in [3.05, 3.63) is 53.9 Å². The Balaban J connectivity index is 1.95. The molecule has 7 nitrogen and oxygen atoms in total. The standard InChI is InChI=1S/C18H20N2O5/c1-12(14-10-13(23-2)7-8-16(14)24-3)20-17(21)11-25-18(22)15-6-4-5-9-19-15/h4-10,12H,11H2,1-3H3,(H,20,21)/t12-/m1/s1. The van der Waals surface area contributed by atoms with Crippen molar-refractivity contribution < 1.29 is 23.8 Å². The van der Waals surface area contributed by atoms with Gasteiger partial charge in [0.1, 0.15) is 17.2 Å². The second-order valence-electron chi connectivity index (χ2n) is 5.19. The molecular weight excluding hydrogens is 324 g/mol. The van der Waals surface area contributed by atoms with E-state index in [1.54, 1.807) is 51.5 Å². The summed E-state index contributed by atoms with van der Waals surface area (Å²) in [4.78, 5) is 27.7. The summed E-state index contributed by atoms with van der Waals surface area (Å²) in [6.45, 7) is 1.40. The van der Waals surface area contributed by atoms with Crippen LogP contribution in [0.15, 0.2) is 42.6 Å². The maximum absolute atomic E-state index is 12.0. The summed E-state index contributed by atoms with van der Waals surface area (Å²) in [5, 5.41) is 2.76. The second-order valence-corrected chi connectivity index (χ2v) is 5.19. The van der Waals surface area contributed by atoms with Gasteiger partial charge in [-0.05, 0) is 37.3 Å². The molecule has 1 aromatic carbocycles. The van der Waals surface area contributed by atoms with Gasteiger partial charge in [-0.1, -0.05) is 6.07 Å². The summed E-state index contributed by atoms with van der Waals surface area (Å²) >= 11 is 0. The van der Waals surface area contributed by atoms with Crippen molar-refractivity contribution in [1.29, 1.82) is 0 Å². The van der Waals surface area contributed by atoms with Crippen LogP contribution in [0.4, 0.5) is 0 Å². The molecule has 2 rings (SSSR count). The molecule has 7 heteroatoms. The van der Waals surface area contributed by atoms with E-state index in [0.717, 1.165) is 5.56 Å². The predicted octanol–water partition coefficient (Wildman–Crippen LogP) is 2.13. The van der Waals surface area contributed by atoms with Gasteiger partial charge in [-0.15, -0.1) is 0 Å². The van der Waals surface area contributed by atoms with E-state index >= 15 is 0 Å². The summed E-state index contributed by atoms with van der Waals surface area (Å²) in [5.74, 6) is 0.196. The lowest BCUT2D eigenvalue weighted by Gasteiger charge is -2.18. The van der Waals surface area contributed by atoms with Gasteiger partial charge in [0, 0.05) is 11.8 Å². The number of methoxy groups -OCH3 is 2. The van der Waals surface area contributed by atoms with Crippen LogP contribution in [0.3, 0.4) is 0 Å². The third-order valence-electron chi connectivity index (χ3n) is 3.49. The Morgan fingerprint density at radius 2 is 1.96 bits per heavy atom. The van der Waals surface area contributed by atoms with Gasteiger partial charge < -0.3 is 19.5 Å². The molecule has 0 spiro atoms. The molecule has 0 aliphatic heterocycles. The molecule has 0 bridgehead atoms. The van der Waals surface area contributed by atoms with Gasteiger partial charge in [0.25, 0.3) is 5.91 Å². The molecule has 1 heterocycles. The number of carbonyl (C=O) groups is 2. The van der Waals surface area contributed by atoms with Gasteiger partial charge in [-0.3, -0.25) is 4.79 Å². The van der Waals surface area contributed by atoms with Crippen LogP contribution in [-0.4, -0.2) is 37.7 Å². The summed E-state index contributed by atoms with van der Waals surface area (Å²) < 4.78 is 15.5. The lowest BCUT2D eigenvalue weighted by Crippen LogP contribution is -2.31. The van der Waals surface area contributed by atoms with E-state index in [9.17, 15) is 9.59 Å². The average Bonchev–Trinajstić information content (AvgIpc) is 2.66. The Bertz CT molecular complexity index is 734. The average molecular weight is 344 g/mol. The molecule has 132 valence electrons. The third-order valence-corrected chi connectivity index (χ3v) is 3.49. The molecular formula is C18H20N2O5. The van der Waals surface area contributed by atoms with Crippen LogP contribution in [0.5, 0.6) is 11.5 Å². The van der Waals surface area contributed by atoms with E-state index in [-0.39, 0.29) is 11.7 Å². The SMILES string of the molecule is COc1ccc(OC)c([C@@H](C)NC(=O)COC(=O)c2ccccn2)c1. The molecule has 1 atom stereocenters. The number of aromatic nitrogens is 1. The topological polar surface area (TPSA) is 86.8 Å². The Morgan fingerprint density at radius 3 is 2.60 bits per heavy atom. The highest BCUT2D eigenvalue weighted by Crippen LogP contribution is 2.29. The number of rotatable bonds is 7. The van der Waals surface area contributed by atoms with Crippen LogP contribution in [-0.2, 0) is 9.53 Å². The van der Waals surface area contributed by atoms with Gasteiger partial charge in [0.05, 0.1) is 20.3 Å². The molecule has 0 saturated heterocycles. The highest BCUT2D eigenvalue weighted by Gasteiger charge is 2.17. The predicted molar refractivity (Wildman–Crippen MR) is 90.6 cm³/mol. The van der Waals surface area contributed by atoms with E-state index in [0.29, 0.717) is 11.5 Å². The van der Waals surface area contributed by atoms with Crippen LogP contribution in [0.1, 0.15) is 29.0 Å². The number of amides is 1. The van der Waals surface area contributed by atoms with E-state index in [2.05, 4.69) is 10.3 Å². The fourth-order valence-electron chi connectivity index (χ4n) is 2.23. The molecule has 0 unspecified atom stereocenters. The largest absolute Gasteiger partial charge is 0.497 e. The van der Waals surface area contributed by atoms with Gasteiger partial charge in [-0.2, -0.15) is 0 Å². The first-order valence-electron chi connectivity index (χ1n) is 7.64. The lowest BCUT2D eigenvalue weighted by molar-refractivity contribution is -0.124. The number of ether oxygens (including phenoxy) is 3. The maximum atomic E-state index is 12.0. The van der Waals surface area contributed by atoms with Crippen molar-refractivity contribution >= 4 is 11.9 Å². The van der Waals surface area contributed by atoms with Gasteiger partial charge in [-0.25, -0.2) is 9.78 Å². The quantitative estimate of drug-likeness (QED) is 0.775. The van der Waals surface area contributed by atoms with Crippen molar-refractivity contribution in [2.24, 2.45) is 0 Å². The molecule has 0 saturated carbocycles. The highest BCUT2D eigenvalue weighted by molar-refractivity contribution is 5.89. The molecule has 2 aromatic rings. The van der Waals surface area contributed by atoms with Crippen LogP contribution >= 0.6 is 0 Å². The van der Waals surface area contributed by atoms with E-state index in [1.807, 2.05) is 0 Å². The number of pyridine rings is 1. The Hall–Kier alpha value is -3.09. The van der Waals surface area contributed by atoms with Crippen LogP contribution in [0, 0.1) is 0 Å². The zero-order chi connectivity index (χ0) is 18.2. The van der Waals surface area contributed by atoms with Crippen molar-refractivity contribution in [3.63, 3.8) is 0 Å². The van der Waals surface area contributed by atoms with E-state index in [1.165, 1.54) is 12.3 Å². The summed E-state index contributed by atoms with van der Waals surface area (Å²) in [5.41, 5.74) is 0.907. The smallest absolute Gasteiger partial charge is 0.357 e. The number of hydrogen-bond donors (Lipinski definition) is 1. The molecule has 1 N–H and O–H groups in total. The third kappa shape index (κ3) is 4.94. The summed E-state index contributed by atoms with van der Waals surface area (Å²) in [6.07, 6.45) is 1.48. The van der Waals surface area contributed by atoms with Gasteiger partial charge in [0.2, 0.25) is 0 Å². The molecule has 1 amide bonds. The molecule has 0 radical (unpaired) electrons. The van der Waals surface area contributed by atoms with Crippen molar-refractivity contribution in [2.75, 3.05) is 20.8 Å². The minimum absolute atomic E-state index is 0.151. The molecule has 0 aliphatic rings. The summed E-state index contributed by atoms with van der Waals surface area (Å²) in [6, 6.07) is 9.83. The minimum Gasteiger partial charge on any atom is -0.497 e. The maximum Gasteiger partial charge on any atom is 0.357 e. The first-order valence-corrected chi connectivity index (χ1v) is 7.64. The van der Waals surface area contributed by atoms with Crippen molar-refractivity contribution in [1.82, 2.24) is 10.3 Å². The van der Waals surface area contributed by atoms with E-state index in [4.69, 9.17) is 14.2 Å². The normalized spacial score (nSPS) is 11.3. The number of hydrogen-bond acceptors (Lipinski definition) is 6. The molecule has 1 aromatic heterocycles. The number of esters is 1. The van der Waals surface area contributed by atoms with Crippen LogP contribution in [0.25, 0.3) is 0 Å². The Morgan fingerprint density at radius 1 is 1.16 bits per heavy atom. The van der Waals surface area contributed by atoms with E-state index < -0.39 is 18.5 Å². The number of nitrogens with zero attached hydrogens (tertiary/aromatic N) is 1. The van der Waals surface area contributed by atoms with Crippen molar-refractivity contribution in [3.8, 4) is 11.5 Å². The Labute approximate surface area is 145 Å². The minimum atomic E-state index is -0.651. The van der Waals surface area contributed by atoms with Crippen LogP contribution < -0.4 is 14.8 Å². The zero-order valence-electron chi connectivity index (χ0n) is 14.3. The highest BCUT2D eigenvalue weighted by atomic mass is 16.5. The zero-order valence-corrected chi connectivity index (χ0v) is 14.3. The second kappa shape index (κ2) is 8.68. The molecule has 25 heavy (non-hydrogen) atoms. The fourth-order valence-corrected chi connectivity index (χ4v) is 2.23. The number of nitrogens with one attached hydrogen (secondary N) is 1. The first-order chi connectivity index (χ1) is 12.0. The first kappa shape index (κ1) is 18.3.